The third-order valence-electron chi connectivity index (χ3n) is 4.61. The van der Waals surface area contributed by atoms with Gasteiger partial charge in [0.15, 0.2) is 11.6 Å². The van der Waals surface area contributed by atoms with Gasteiger partial charge in [0.2, 0.25) is 0 Å². The molecule has 2 N–H and O–H groups in total. The van der Waals surface area contributed by atoms with E-state index in [1.807, 2.05) is 48.5 Å². The van der Waals surface area contributed by atoms with Crippen LogP contribution in [0.1, 0.15) is 17.0 Å². The van der Waals surface area contributed by atoms with E-state index in [1.165, 1.54) is 6.07 Å². The number of carbonyl (C=O) groups excluding carboxylic acids is 1. The molecule has 3 aromatic carbocycles. The van der Waals surface area contributed by atoms with Crippen LogP contribution in [0.15, 0.2) is 60.7 Å². The number of benzene rings is 3. The minimum atomic E-state index is -0.920. The van der Waals surface area contributed by atoms with E-state index in [9.17, 15) is 14.3 Å². The predicted molar refractivity (Wildman–Crippen MR) is 102 cm³/mol. The fourth-order valence-electron chi connectivity index (χ4n) is 3.41. The molecule has 0 spiro atoms. The smallest absolute Gasteiger partial charge is 0.411 e. The Labute approximate surface area is 160 Å². The Morgan fingerprint density at radius 2 is 1.67 bits per heavy atom. The molecule has 0 aliphatic heterocycles. The molecule has 0 saturated carbocycles. The van der Waals surface area contributed by atoms with Gasteiger partial charge in [-0.2, -0.15) is 0 Å². The number of fused-ring (bicyclic) bond motifs is 3. The molecule has 3 aromatic rings. The lowest BCUT2D eigenvalue weighted by molar-refractivity contribution is 0.158. The number of hydrogen-bond acceptors (Lipinski definition) is 3. The van der Waals surface area contributed by atoms with Gasteiger partial charge in [0.25, 0.3) is 0 Å². The zero-order valence-electron chi connectivity index (χ0n) is 14.1. The molecular weight excluding hydrogens is 369 g/mol. The molecule has 0 aromatic heterocycles. The van der Waals surface area contributed by atoms with Gasteiger partial charge in [-0.1, -0.05) is 60.1 Å². The first-order valence-corrected chi connectivity index (χ1v) is 8.72. The monoisotopic (exact) mass is 383 g/mol. The van der Waals surface area contributed by atoms with Crippen molar-refractivity contribution in [1.82, 2.24) is 0 Å². The standard InChI is InChI=1S/C21H15ClFNO3/c22-12-9-18(23)20(25)19(10-12)24-21(26)27-11-17-15-7-3-1-5-13(15)14-6-2-4-8-16(14)17/h1-10,17,25H,11H2,(H,24,26). The second-order valence-corrected chi connectivity index (χ2v) is 6.67. The van der Waals surface area contributed by atoms with Gasteiger partial charge in [-0.15, -0.1) is 0 Å². The van der Waals surface area contributed by atoms with Gasteiger partial charge in [-0.3, -0.25) is 5.32 Å². The van der Waals surface area contributed by atoms with Gasteiger partial charge >= 0.3 is 6.09 Å². The summed E-state index contributed by atoms with van der Waals surface area (Å²) < 4.78 is 18.9. The topological polar surface area (TPSA) is 58.6 Å². The minimum absolute atomic E-state index is 0.0549. The number of halogens is 2. The van der Waals surface area contributed by atoms with Crippen LogP contribution in [0.5, 0.6) is 5.75 Å². The molecule has 0 bridgehead atoms. The SMILES string of the molecule is O=C(Nc1cc(Cl)cc(F)c1O)OCC1c2ccccc2-c2ccccc21. The highest BCUT2D eigenvalue weighted by molar-refractivity contribution is 6.31. The lowest BCUT2D eigenvalue weighted by Gasteiger charge is -2.15. The molecule has 27 heavy (non-hydrogen) atoms. The zero-order chi connectivity index (χ0) is 19.0. The molecule has 0 fully saturated rings. The maximum absolute atomic E-state index is 13.5. The lowest BCUT2D eigenvalue weighted by atomic mass is 9.98. The number of phenolic OH excluding ortho intramolecular Hbond substituents is 1. The van der Waals surface area contributed by atoms with Crippen molar-refractivity contribution in [1.29, 1.82) is 0 Å². The van der Waals surface area contributed by atoms with Gasteiger partial charge in [0, 0.05) is 10.9 Å². The van der Waals surface area contributed by atoms with Crippen LogP contribution >= 0.6 is 11.6 Å². The van der Waals surface area contributed by atoms with E-state index in [2.05, 4.69) is 5.32 Å². The average Bonchev–Trinajstić information content (AvgIpc) is 2.98. The molecule has 4 rings (SSSR count). The summed E-state index contributed by atoms with van der Waals surface area (Å²) >= 11 is 5.76. The number of aromatic hydroxyl groups is 1. The average molecular weight is 384 g/mol. The fourth-order valence-corrected chi connectivity index (χ4v) is 3.61. The van der Waals surface area contributed by atoms with E-state index in [0.29, 0.717) is 0 Å². The number of carbonyl (C=O) groups is 1. The van der Waals surface area contributed by atoms with Crippen molar-refractivity contribution in [3.8, 4) is 16.9 Å². The summed E-state index contributed by atoms with van der Waals surface area (Å²) in [7, 11) is 0. The van der Waals surface area contributed by atoms with Crippen molar-refractivity contribution in [2.75, 3.05) is 11.9 Å². The predicted octanol–water partition coefficient (Wildman–Crippen LogP) is 5.55. The van der Waals surface area contributed by atoms with Crippen LogP contribution in [0.3, 0.4) is 0 Å². The number of nitrogens with one attached hydrogen (secondary N) is 1. The van der Waals surface area contributed by atoms with E-state index in [1.54, 1.807) is 0 Å². The minimum Gasteiger partial charge on any atom is -0.503 e. The molecule has 0 radical (unpaired) electrons. The maximum Gasteiger partial charge on any atom is 0.411 e. The van der Waals surface area contributed by atoms with Crippen molar-refractivity contribution in [2.45, 2.75) is 5.92 Å². The van der Waals surface area contributed by atoms with Gasteiger partial charge in [0.05, 0.1) is 5.69 Å². The third kappa shape index (κ3) is 3.22. The van der Waals surface area contributed by atoms with Crippen LogP contribution in [0.2, 0.25) is 5.02 Å². The summed E-state index contributed by atoms with van der Waals surface area (Å²) in [6.45, 7) is 0.115. The summed E-state index contributed by atoms with van der Waals surface area (Å²) in [6, 6.07) is 18.2. The van der Waals surface area contributed by atoms with E-state index in [-0.39, 0.29) is 23.2 Å². The van der Waals surface area contributed by atoms with Gasteiger partial charge < -0.3 is 9.84 Å². The van der Waals surface area contributed by atoms with Crippen molar-refractivity contribution in [3.63, 3.8) is 0 Å². The second-order valence-electron chi connectivity index (χ2n) is 6.23. The molecule has 136 valence electrons. The molecule has 0 atom stereocenters. The second kappa shape index (κ2) is 6.93. The molecular formula is C21H15ClFNO3. The number of ether oxygens (including phenoxy) is 1. The number of rotatable bonds is 3. The molecule has 1 aliphatic rings. The van der Waals surface area contributed by atoms with Crippen molar-refractivity contribution >= 4 is 23.4 Å². The number of phenols is 1. The van der Waals surface area contributed by atoms with Crippen LogP contribution in [0.25, 0.3) is 11.1 Å². The maximum atomic E-state index is 13.5. The first-order valence-electron chi connectivity index (χ1n) is 8.34. The molecule has 0 unspecified atom stereocenters. The highest BCUT2D eigenvalue weighted by Gasteiger charge is 2.29. The third-order valence-corrected chi connectivity index (χ3v) is 4.83. The van der Waals surface area contributed by atoms with Crippen LogP contribution in [0.4, 0.5) is 14.9 Å². The molecule has 1 aliphatic carbocycles. The van der Waals surface area contributed by atoms with Crippen molar-refractivity contribution < 1.29 is 19.0 Å². The Hall–Kier alpha value is -3.05. The summed E-state index contributed by atoms with van der Waals surface area (Å²) in [6.07, 6.45) is -0.797. The van der Waals surface area contributed by atoms with E-state index in [0.717, 1.165) is 28.3 Å². The fraction of sp³-hybridized carbons (Fsp3) is 0.0952. The van der Waals surface area contributed by atoms with Crippen LogP contribution in [0, 0.1) is 5.82 Å². The Bertz CT molecular complexity index is 992. The van der Waals surface area contributed by atoms with Crippen molar-refractivity contribution in [2.24, 2.45) is 0 Å². The Kier molecular flexibility index (Phi) is 4.46. The summed E-state index contributed by atoms with van der Waals surface area (Å²) in [5.74, 6) is -1.70. The number of hydrogen-bond donors (Lipinski definition) is 2. The zero-order valence-corrected chi connectivity index (χ0v) is 14.8. The summed E-state index contributed by atoms with van der Waals surface area (Å²) in [5.41, 5.74) is 4.27. The molecule has 4 nitrogen and oxygen atoms in total. The summed E-state index contributed by atoms with van der Waals surface area (Å²) in [4.78, 5) is 12.2. The Balaban J connectivity index is 1.52. The largest absolute Gasteiger partial charge is 0.503 e. The normalized spacial score (nSPS) is 12.4. The van der Waals surface area contributed by atoms with Gasteiger partial charge in [-0.05, 0) is 34.4 Å². The molecule has 6 heteroatoms. The number of amides is 1. The number of anilines is 1. The van der Waals surface area contributed by atoms with Crippen LogP contribution in [-0.2, 0) is 4.74 Å². The first kappa shape index (κ1) is 17.4. The summed E-state index contributed by atoms with van der Waals surface area (Å²) in [5, 5.41) is 12.1. The molecule has 0 saturated heterocycles. The van der Waals surface area contributed by atoms with E-state index in [4.69, 9.17) is 16.3 Å². The Morgan fingerprint density at radius 1 is 1.07 bits per heavy atom. The van der Waals surface area contributed by atoms with E-state index >= 15 is 0 Å². The van der Waals surface area contributed by atoms with Crippen molar-refractivity contribution in [3.05, 3.63) is 82.6 Å². The van der Waals surface area contributed by atoms with E-state index < -0.39 is 17.7 Å². The Morgan fingerprint density at radius 3 is 2.30 bits per heavy atom. The van der Waals surface area contributed by atoms with Gasteiger partial charge in [-0.25, -0.2) is 9.18 Å². The quantitative estimate of drug-likeness (QED) is 0.583. The van der Waals surface area contributed by atoms with Gasteiger partial charge in [0.1, 0.15) is 6.61 Å². The van der Waals surface area contributed by atoms with Crippen LogP contribution in [-0.4, -0.2) is 17.8 Å². The molecule has 1 amide bonds. The van der Waals surface area contributed by atoms with Crippen LogP contribution < -0.4 is 5.32 Å². The first-order chi connectivity index (χ1) is 13.0. The highest BCUT2D eigenvalue weighted by Crippen LogP contribution is 2.44. The molecule has 0 heterocycles. The highest BCUT2D eigenvalue weighted by atomic mass is 35.5. The lowest BCUT2D eigenvalue weighted by Crippen LogP contribution is -2.18.